The number of aromatic nitrogens is 3. The van der Waals surface area contributed by atoms with Gasteiger partial charge in [0.1, 0.15) is 5.65 Å². The van der Waals surface area contributed by atoms with Crippen molar-refractivity contribution in [2.75, 3.05) is 32.8 Å². The van der Waals surface area contributed by atoms with E-state index in [1.54, 1.807) is 0 Å². The highest BCUT2D eigenvalue weighted by atomic mass is 16.5. The minimum Gasteiger partial charge on any atom is -0.464 e. The molecule has 208 valence electrons. The molecule has 1 saturated heterocycles. The van der Waals surface area contributed by atoms with Crippen LogP contribution in [0.4, 0.5) is 0 Å². The van der Waals surface area contributed by atoms with Gasteiger partial charge in [-0.2, -0.15) is 10.2 Å². The number of aliphatic hydroxyl groups is 1. The predicted molar refractivity (Wildman–Crippen MR) is 154 cm³/mol. The zero-order chi connectivity index (χ0) is 27.0. The Kier molecular flexibility index (Phi) is 9.49. The summed E-state index contributed by atoms with van der Waals surface area (Å²) < 4.78 is 8.50. The molecule has 3 heterocycles. The first-order valence-electron chi connectivity index (χ1n) is 15.0. The van der Waals surface area contributed by atoms with E-state index >= 15 is 0 Å². The van der Waals surface area contributed by atoms with Crippen molar-refractivity contribution in [2.24, 2.45) is 11.8 Å². The van der Waals surface area contributed by atoms with Gasteiger partial charge >= 0.3 is 6.01 Å². The van der Waals surface area contributed by atoms with Crippen LogP contribution in [-0.2, 0) is 0 Å². The quantitative estimate of drug-likeness (QED) is 0.392. The van der Waals surface area contributed by atoms with E-state index in [2.05, 4.69) is 17.9 Å². The Morgan fingerprint density at radius 1 is 1.03 bits per heavy atom. The van der Waals surface area contributed by atoms with Crippen LogP contribution in [0, 0.1) is 23.2 Å². The number of nitriles is 1. The first-order valence-corrected chi connectivity index (χ1v) is 15.0. The number of ether oxygens (including phenoxy) is 1. The fraction of sp³-hybridized carbons (Fsp3) is 0.594. The number of hydrogen-bond donors (Lipinski definition) is 1. The normalized spacial score (nSPS) is 23.4. The van der Waals surface area contributed by atoms with Crippen molar-refractivity contribution in [3.05, 3.63) is 47.8 Å². The number of benzene rings is 1. The maximum Gasteiger partial charge on any atom is 0.302 e. The first kappa shape index (κ1) is 27.6. The lowest BCUT2D eigenvalue weighted by molar-refractivity contribution is 0.107. The Morgan fingerprint density at radius 2 is 1.77 bits per heavy atom. The summed E-state index contributed by atoms with van der Waals surface area (Å²) in [5, 5.41) is 18.7. The lowest BCUT2D eigenvalue weighted by Crippen LogP contribution is -2.39. The van der Waals surface area contributed by atoms with Gasteiger partial charge in [0, 0.05) is 42.5 Å². The number of hydrogen-bond acceptors (Lipinski definition) is 6. The molecule has 2 fully saturated rings. The molecule has 2 aliphatic rings. The Morgan fingerprint density at radius 3 is 2.49 bits per heavy atom. The van der Waals surface area contributed by atoms with Crippen LogP contribution in [0.3, 0.4) is 0 Å². The average Bonchev–Trinajstić information content (AvgIpc) is 3.46. The zero-order valence-electron chi connectivity index (χ0n) is 23.4. The predicted octanol–water partition coefficient (Wildman–Crippen LogP) is 6.21. The molecule has 1 aliphatic heterocycles. The molecule has 3 aromatic rings. The maximum atomic E-state index is 9.38. The fourth-order valence-corrected chi connectivity index (χ4v) is 6.54. The van der Waals surface area contributed by atoms with Gasteiger partial charge < -0.3 is 14.7 Å². The van der Waals surface area contributed by atoms with E-state index in [0.29, 0.717) is 30.0 Å². The van der Waals surface area contributed by atoms with Gasteiger partial charge in [0.25, 0.3) is 0 Å². The van der Waals surface area contributed by atoms with Gasteiger partial charge in [0.05, 0.1) is 30.5 Å². The van der Waals surface area contributed by atoms with Crippen LogP contribution in [0.2, 0.25) is 0 Å². The molecule has 0 spiro atoms. The van der Waals surface area contributed by atoms with E-state index in [9.17, 15) is 10.4 Å². The molecular weight excluding hydrogens is 486 g/mol. The van der Waals surface area contributed by atoms with E-state index in [1.165, 1.54) is 44.1 Å². The summed E-state index contributed by atoms with van der Waals surface area (Å²) in [6, 6.07) is 10.6. The number of β-amino-alcohol motifs (C(OH)–C–C–N with tert-alkyl or cyclic N) is 1. The van der Waals surface area contributed by atoms with Crippen LogP contribution in [0.5, 0.6) is 6.01 Å². The molecule has 7 nitrogen and oxygen atoms in total. The number of fused-ring (bicyclic) bond motifs is 1. The molecule has 39 heavy (non-hydrogen) atoms. The number of imidazole rings is 1. The van der Waals surface area contributed by atoms with Crippen LogP contribution in [-0.4, -0.2) is 57.2 Å². The van der Waals surface area contributed by atoms with Gasteiger partial charge in [-0.3, -0.25) is 4.40 Å². The summed E-state index contributed by atoms with van der Waals surface area (Å²) in [4.78, 5) is 12.4. The number of likely N-dealkylation sites (tertiary alicyclic amines) is 1. The molecule has 0 bridgehead atoms. The third-order valence-corrected chi connectivity index (χ3v) is 8.71. The highest BCUT2D eigenvalue weighted by molar-refractivity contribution is 5.72. The van der Waals surface area contributed by atoms with Gasteiger partial charge in [-0.1, -0.05) is 57.6 Å². The van der Waals surface area contributed by atoms with Crippen molar-refractivity contribution >= 4 is 5.65 Å². The van der Waals surface area contributed by atoms with E-state index in [1.807, 2.05) is 41.1 Å². The van der Waals surface area contributed by atoms with E-state index in [-0.39, 0.29) is 6.61 Å². The third-order valence-electron chi connectivity index (χ3n) is 8.71. The lowest BCUT2D eigenvalue weighted by atomic mass is 9.83. The summed E-state index contributed by atoms with van der Waals surface area (Å²) >= 11 is 0. The van der Waals surface area contributed by atoms with E-state index in [0.717, 1.165) is 68.1 Å². The highest BCUT2D eigenvalue weighted by Crippen LogP contribution is 2.39. The standard InChI is InChI=1S/C32H43N5O2/c1-24-7-2-4-10-27(11-5-3-8-24)29-30(28-14-12-25(21-33)13-15-28)35-32(37-18-16-34-31(29)37)39-23-26-9-6-17-36(22-26)19-20-38/h12-16,18,24,26-27,38H,2-11,17,19-20,22-23H2,1H3. The van der Waals surface area contributed by atoms with Crippen LogP contribution in [0.15, 0.2) is 36.7 Å². The van der Waals surface area contributed by atoms with Gasteiger partial charge in [-0.05, 0) is 56.2 Å². The van der Waals surface area contributed by atoms with E-state index in [4.69, 9.17) is 14.7 Å². The van der Waals surface area contributed by atoms with Crippen molar-refractivity contribution in [3.63, 3.8) is 0 Å². The molecule has 5 rings (SSSR count). The summed E-state index contributed by atoms with van der Waals surface area (Å²) in [5.74, 6) is 1.62. The smallest absolute Gasteiger partial charge is 0.302 e. The second-order valence-corrected chi connectivity index (χ2v) is 11.7. The summed E-state index contributed by atoms with van der Waals surface area (Å²) in [7, 11) is 0. The van der Waals surface area contributed by atoms with Gasteiger partial charge in [0.2, 0.25) is 0 Å². The second-order valence-electron chi connectivity index (χ2n) is 11.7. The van der Waals surface area contributed by atoms with Crippen molar-refractivity contribution in [3.8, 4) is 23.3 Å². The van der Waals surface area contributed by atoms with Gasteiger partial charge in [-0.15, -0.1) is 0 Å². The SMILES string of the molecule is CC1CCCCC(c2c(-c3ccc(C#N)cc3)nc(OCC3CCCN(CCO)C3)n3ccnc23)CCCC1. The summed E-state index contributed by atoms with van der Waals surface area (Å²) in [5.41, 5.74) is 4.76. The Bertz CT molecular complexity index is 1230. The van der Waals surface area contributed by atoms with Crippen LogP contribution >= 0.6 is 0 Å². The number of aliphatic hydroxyl groups excluding tert-OH is 1. The molecule has 0 radical (unpaired) electrons. The molecule has 1 aliphatic carbocycles. The number of piperidine rings is 1. The molecule has 1 atom stereocenters. The number of nitrogens with zero attached hydrogens (tertiary/aromatic N) is 5. The van der Waals surface area contributed by atoms with Crippen LogP contribution in [0.1, 0.15) is 88.2 Å². The molecule has 1 N–H and O–H groups in total. The van der Waals surface area contributed by atoms with Crippen molar-refractivity contribution in [1.82, 2.24) is 19.3 Å². The second kappa shape index (κ2) is 13.4. The lowest BCUT2D eigenvalue weighted by Gasteiger charge is -2.32. The molecule has 1 aromatic carbocycles. The molecular formula is C32H43N5O2. The Labute approximate surface area is 232 Å². The van der Waals surface area contributed by atoms with Crippen molar-refractivity contribution in [2.45, 2.75) is 77.0 Å². The summed E-state index contributed by atoms with van der Waals surface area (Å²) in [6.45, 7) is 5.89. The van der Waals surface area contributed by atoms with Crippen LogP contribution < -0.4 is 4.74 Å². The molecule has 1 saturated carbocycles. The third kappa shape index (κ3) is 6.80. The Balaban J connectivity index is 1.49. The topological polar surface area (TPSA) is 86.7 Å². The molecule has 1 unspecified atom stereocenters. The fourth-order valence-electron chi connectivity index (χ4n) is 6.54. The molecule has 2 aromatic heterocycles. The van der Waals surface area contributed by atoms with Gasteiger partial charge in [-0.25, -0.2) is 4.98 Å². The average molecular weight is 530 g/mol. The maximum absolute atomic E-state index is 9.38. The largest absolute Gasteiger partial charge is 0.464 e. The minimum atomic E-state index is 0.195. The van der Waals surface area contributed by atoms with Gasteiger partial charge in [0.15, 0.2) is 0 Å². The monoisotopic (exact) mass is 529 g/mol. The first-order chi connectivity index (χ1) is 19.2. The number of rotatable bonds is 7. The van der Waals surface area contributed by atoms with Crippen molar-refractivity contribution in [1.29, 1.82) is 5.26 Å². The Hall–Kier alpha value is -2.95. The van der Waals surface area contributed by atoms with E-state index < -0.39 is 0 Å². The summed E-state index contributed by atoms with van der Waals surface area (Å²) in [6.07, 6.45) is 16.0. The highest BCUT2D eigenvalue weighted by Gasteiger charge is 2.26. The minimum absolute atomic E-state index is 0.195. The molecule has 7 heteroatoms. The van der Waals surface area contributed by atoms with Crippen LogP contribution in [0.25, 0.3) is 16.9 Å². The zero-order valence-corrected chi connectivity index (χ0v) is 23.4. The molecule has 0 amide bonds. The van der Waals surface area contributed by atoms with Crippen molar-refractivity contribution < 1.29 is 9.84 Å².